The zero-order valence-electron chi connectivity index (χ0n) is 14.9. The Kier molecular flexibility index (Phi) is 6.13. The van der Waals surface area contributed by atoms with Crippen LogP contribution in [0.15, 0.2) is 71.5 Å². The molecule has 0 aliphatic rings. The number of non-ortho nitro benzene ring substituents is 1. The number of aromatic nitrogens is 2. The zero-order valence-corrected chi connectivity index (χ0v) is 16.5. The van der Waals surface area contributed by atoms with Gasteiger partial charge in [-0.05, 0) is 29.3 Å². The van der Waals surface area contributed by atoms with Crippen LogP contribution in [0.3, 0.4) is 0 Å². The lowest BCUT2D eigenvalue weighted by atomic mass is 9.80. The molecule has 0 saturated carbocycles. The van der Waals surface area contributed by atoms with Crippen molar-refractivity contribution in [1.29, 1.82) is 0 Å². The van der Waals surface area contributed by atoms with E-state index >= 15 is 0 Å². The summed E-state index contributed by atoms with van der Waals surface area (Å²) in [5.74, 6) is -2.21. The van der Waals surface area contributed by atoms with Crippen LogP contribution in [0, 0.1) is 20.2 Å². The lowest BCUT2D eigenvalue weighted by Crippen LogP contribution is -2.30. The fraction of sp³-hybridized carbons (Fsp3) is 0.158. The van der Waals surface area contributed by atoms with E-state index in [0.29, 0.717) is 11.1 Å². The maximum atomic E-state index is 13.2. The molecular weight excluding hydrogens is 444 g/mol. The van der Waals surface area contributed by atoms with E-state index in [9.17, 15) is 25.0 Å². The van der Waals surface area contributed by atoms with Crippen LogP contribution in [0.25, 0.3) is 0 Å². The first-order chi connectivity index (χ1) is 13.9. The van der Waals surface area contributed by atoms with Crippen LogP contribution in [0.2, 0.25) is 0 Å². The normalized spacial score (nSPS) is 12.9. The molecule has 0 spiro atoms. The molecule has 2 atom stereocenters. The molecule has 0 amide bonds. The third kappa shape index (κ3) is 4.72. The molecule has 9 nitrogen and oxygen atoms in total. The highest BCUT2D eigenvalue weighted by molar-refractivity contribution is 9.10. The van der Waals surface area contributed by atoms with Gasteiger partial charge >= 0.3 is 0 Å². The summed E-state index contributed by atoms with van der Waals surface area (Å²) < 4.78 is 1.92. The SMILES string of the molecule is O=C([C@@H](c1ccc([N+](=O)[O-])cc1)[C@H](C[N+](=O)[O-])c1ccc(Br)cc1)n1cccn1. The zero-order chi connectivity index (χ0) is 21.0. The van der Waals surface area contributed by atoms with Crippen LogP contribution >= 0.6 is 15.9 Å². The number of nitrogens with zero attached hydrogens (tertiary/aromatic N) is 4. The van der Waals surface area contributed by atoms with Gasteiger partial charge in [0, 0.05) is 33.9 Å². The molecule has 2 aromatic carbocycles. The summed E-state index contributed by atoms with van der Waals surface area (Å²) in [7, 11) is 0. The Bertz CT molecular complexity index is 1020. The number of nitro benzene ring substituents is 1. The molecular formula is C19H15BrN4O5. The first-order valence-electron chi connectivity index (χ1n) is 8.52. The summed E-state index contributed by atoms with van der Waals surface area (Å²) in [5.41, 5.74) is 0.910. The van der Waals surface area contributed by atoms with Gasteiger partial charge in [-0.2, -0.15) is 5.10 Å². The highest BCUT2D eigenvalue weighted by Gasteiger charge is 2.36. The van der Waals surface area contributed by atoms with Gasteiger partial charge in [0.25, 0.3) is 11.6 Å². The van der Waals surface area contributed by atoms with E-state index < -0.39 is 34.1 Å². The minimum absolute atomic E-state index is 0.131. The van der Waals surface area contributed by atoms with Crippen molar-refractivity contribution in [2.45, 2.75) is 11.8 Å². The second-order valence-electron chi connectivity index (χ2n) is 6.29. The Hall–Kier alpha value is -3.40. The largest absolute Gasteiger partial charge is 0.272 e. The molecule has 3 rings (SSSR count). The van der Waals surface area contributed by atoms with Gasteiger partial charge in [0.15, 0.2) is 0 Å². The Morgan fingerprint density at radius 1 is 1.03 bits per heavy atom. The topological polar surface area (TPSA) is 121 Å². The van der Waals surface area contributed by atoms with Gasteiger partial charge in [-0.3, -0.25) is 25.0 Å². The van der Waals surface area contributed by atoms with Crippen molar-refractivity contribution >= 4 is 27.5 Å². The molecule has 0 radical (unpaired) electrons. The molecule has 0 fully saturated rings. The van der Waals surface area contributed by atoms with E-state index in [2.05, 4.69) is 21.0 Å². The van der Waals surface area contributed by atoms with Crippen molar-refractivity contribution in [3.63, 3.8) is 0 Å². The van der Waals surface area contributed by atoms with Crippen LogP contribution in [0.4, 0.5) is 5.69 Å². The molecule has 0 saturated heterocycles. The van der Waals surface area contributed by atoms with Crippen LogP contribution in [-0.4, -0.2) is 32.1 Å². The van der Waals surface area contributed by atoms with Crippen molar-refractivity contribution in [2.24, 2.45) is 0 Å². The molecule has 0 bridgehead atoms. The molecule has 1 aromatic heterocycles. The molecule has 148 valence electrons. The highest BCUT2D eigenvalue weighted by atomic mass is 79.9. The summed E-state index contributed by atoms with van der Waals surface area (Å²) in [5, 5.41) is 26.3. The first-order valence-corrected chi connectivity index (χ1v) is 9.31. The summed E-state index contributed by atoms with van der Waals surface area (Å²) in [4.78, 5) is 34.6. The number of carbonyl (C=O) groups is 1. The number of benzene rings is 2. The van der Waals surface area contributed by atoms with Gasteiger partial charge in [-0.1, -0.05) is 40.2 Å². The van der Waals surface area contributed by atoms with Gasteiger partial charge in [0.2, 0.25) is 6.54 Å². The third-order valence-electron chi connectivity index (χ3n) is 4.51. The van der Waals surface area contributed by atoms with Crippen molar-refractivity contribution < 1.29 is 14.6 Å². The maximum Gasteiger partial charge on any atom is 0.269 e. The predicted molar refractivity (Wildman–Crippen MR) is 107 cm³/mol. The van der Waals surface area contributed by atoms with Crippen LogP contribution in [0.1, 0.15) is 27.8 Å². The number of hydrogen-bond acceptors (Lipinski definition) is 6. The summed E-state index contributed by atoms with van der Waals surface area (Å²) >= 11 is 3.33. The van der Waals surface area contributed by atoms with E-state index in [0.717, 1.165) is 9.15 Å². The monoisotopic (exact) mass is 458 g/mol. The minimum Gasteiger partial charge on any atom is -0.272 e. The van der Waals surface area contributed by atoms with Crippen molar-refractivity contribution in [3.05, 3.63) is 103 Å². The Morgan fingerprint density at radius 2 is 1.66 bits per heavy atom. The first kappa shape index (κ1) is 20.3. The average Bonchev–Trinajstić information content (AvgIpc) is 3.23. The maximum absolute atomic E-state index is 13.2. The molecule has 0 aliphatic heterocycles. The lowest BCUT2D eigenvalue weighted by molar-refractivity contribution is -0.483. The van der Waals surface area contributed by atoms with E-state index in [1.54, 1.807) is 30.3 Å². The summed E-state index contributed by atoms with van der Waals surface area (Å²) in [6.07, 6.45) is 2.90. The minimum atomic E-state index is -0.956. The Morgan fingerprint density at radius 3 is 2.17 bits per heavy atom. The second-order valence-corrected chi connectivity index (χ2v) is 7.20. The third-order valence-corrected chi connectivity index (χ3v) is 5.03. The smallest absolute Gasteiger partial charge is 0.269 e. The predicted octanol–water partition coefficient (Wildman–Crippen LogP) is 4.04. The van der Waals surface area contributed by atoms with E-state index in [1.807, 2.05) is 0 Å². The van der Waals surface area contributed by atoms with Gasteiger partial charge in [0.1, 0.15) is 0 Å². The molecule has 0 aliphatic carbocycles. The summed E-state index contributed by atoms with van der Waals surface area (Å²) in [6, 6.07) is 14.0. The second kappa shape index (κ2) is 8.74. The molecule has 0 unspecified atom stereocenters. The van der Waals surface area contributed by atoms with Crippen LogP contribution in [-0.2, 0) is 0 Å². The van der Waals surface area contributed by atoms with E-state index in [1.165, 1.54) is 36.7 Å². The fourth-order valence-electron chi connectivity index (χ4n) is 3.17. The number of halogens is 1. The number of rotatable bonds is 7. The molecule has 10 heteroatoms. The Balaban J connectivity index is 2.12. The molecule has 1 heterocycles. The lowest BCUT2D eigenvalue weighted by Gasteiger charge is -2.24. The van der Waals surface area contributed by atoms with Gasteiger partial charge < -0.3 is 0 Å². The molecule has 29 heavy (non-hydrogen) atoms. The van der Waals surface area contributed by atoms with E-state index in [4.69, 9.17) is 0 Å². The van der Waals surface area contributed by atoms with E-state index in [-0.39, 0.29) is 5.69 Å². The number of hydrogen-bond donors (Lipinski definition) is 0. The van der Waals surface area contributed by atoms with Gasteiger partial charge in [-0.25, -0.2) is 4.68 Å². The quantitative estimate of drug-likeness (QED) is 0.388. The van der Waals surface area contributed by atoms with Gasteiger partial charge in [0.05, 0.1) is 16.8 Å². The number of nitro groups is 2. The van der Waals surface area contributed by atoms with Crippen molar-refractivity contribution in [2.75, 3.05) is 6.54 Å². The van der Waals surface area contributed by atoms with Crippen LogP contribution in [0.5, 0.6) is 0 Å². The Labute approximate surface area is 173 Å². The van der Waals surface area contributed by atoms with Crippen molar-refractivity contribution in [3.8, 4) is 0 Å². The molecule has 3 aromatic rings. The average molecular weight is 459 g/mol. The number of carbonyl (C=O) groups excluding carboxylic acids is 1. The van der Waals surface area contributed by atoms with Crippen LogP contribution < -0.4 is 0 Å². The van der Waals surface area contributed by atoms with Gasteiger partial charge in [-0.15, -0.1) is 0 Å². The summed E-state index contributed by atoms with van der Waals surface area (Å²) in [6.45, 7) is -0.490. The van der Waals surface area contributed by atoms with Crippen molar-refractivity contribution in [1.82, 2.24) is 9.78 Å². The fourth-order valence-corrected chi connectivity index (χ4v) is 3.43. The highest BCUT2D eigenvalue weighted by Crippen LogP contribution is 2.36. The molecule has 0 N–H and O–H groups in total. The standard InChI is InChI=1S/C19H15BrN4O5/c20-15-6-2-13(3-7-15)17(12-23(26)27)18(19(25)22-11-1-10-21-22)14-4-8-16(9-5-14)24(28)29/h1-11,17-18H,12H2/t17-,18+/m1/s1.